The van der Waals surface area contributed by atoms with Gasteiger partial charge in [-0.25, -0.2) is 4.98 Å². The number of H-pyrrole nitrogens is 1. The van der Waals surface area contributed by atoms with E-state index in [1.807, 2.05) is 6.07 Å². The Hall–Kier alpha value is -3.05. The van der Waals surface area contributed by atoms with Gasteiger partial charge >= 0.3 is 10.1 Å². The van der Waals surface area contributed by atoms with Crippen LogP contribution in [0.4, 0.5) is 0 Å². The Morgan fingerprint density at radius 2 is 2.04 bits per heavy atom. The summed E-state index contributed by atoms with van der Waals surface area (Å²) in [6.45, 7) is 0. The first-order chi connectivity index (χ1) is 11.4. The number of nitrogens with zero attached hydrogens (tertiary/aromatic N) is 2. The minimum atomic E-state index is -3.62. The molecule has 0 spiro atoms. The molecule has 0 saturated carbocycles. The number of methoxy groups -OCH3 is 1. The highest BCUT2D eigenvalue weighted by molar-refractivity contribution is 7.86. The lowest BCUT2D eigenvalue weighted by Gasteiger charge is -2.09. The molecule has 0 saturated heterocycles. The summed E-state index contributed by atoms with van der Waals surface area (Å²) in [5, 5.41) is 9.16. The average Bonchev–Trinajstić information content (AvgIpc) is 2.96. The first-order valence-corrected chi connectivity index (χ1v) is 8.69. The Morgan fingerprint density at radius 3 is 2.71 bits per heavy atom. The van der Waals surface area contributed by atoms with Crippen LogP contribution in [0.3, 0.4) is 0 Å². The Bertz CT molecular complexity index is 1060. The second kappa shape index (κ2) is 5.86. The third-order valence-electron chi connectivity index (χ3n) is 3.31. The zero-order chi connectivity index (χ0) is 17.3. The summed E-state index contributed by atoms with van der Waals surface area (Å²) in [5.41, 5.74) is 2.38. The number of ether oxygens (including phenoxy) is 1. The van der Waals surface area contributed by atoms with Crippen LogP contribution in [0, 0.1) is 11.3 Å². The molecule has 3 rings (SSSR count). The summed E-state index contributed by atoms with van der Waals surface area (Å²) >= 11 is 0. The minimum Gasteiger partial charge on any atom is -0.496 e. The van der Waals surface area contributed by atoms with Gasteiger partial charge in [-0.2, -0.15) is 13.7 Å². The maximum atomic E-state index is 11.2. The quantitative estimate of drug-likeness (QED) is 0.730. The third kappa shape index (κ3) is 3.02. The van der Waals surface area contributed by atoms with Crippen LogP contribution in [0.25, 0.3) is 22.4 Å². The number of hydrogen-bond acceptors (Lipinski definition) is 6. The van der Waals surface area contributed by atoms with Crippen LogP contribution >= 0.6 is 0 Å². The van der Waals surface area contributed by atoms with Crippen LogP contribution in [0.5, 0.6) is 11.5 Å². The lowest BCUT2D eigenvalue weighted by Crippen LogP contribution is -2.05. The van der Waals surface area contributed by atoms with Gasteiger partial charge < -0.3 is 13.9 Å². The fourth-order valence-corrected chi connectivity index (χ4v) is 2.80. The van der Waals surface area contributed by atoms with Crippen molar-refractivity contribution in [1.82, 2.24) is 9.97 Å². The molecule has 0 aliphatic heterocycles. The number of para-hydroxylation sites is 1. The summed E-state index contributed by atoms with van der Waals surface area (Å²) in [7, 11) is -2.16. The Balaban J connectivity index is 2.11. The van der Waals surface area contributed by atoms with Gasteiger partial charge in [0.1, 0.15) is 28.9 Å². The number of imidazole rings is 1. The van der Waals surface area contributed by atoms with Gasteiger partial charge in [0.05, 0.1) is 30.0 Å². The van der Waals surface area contributed by atoms with E-state index < -0.39 is 10.1 Å². The molecule has 122 valence electrons. The van der Waals surface area contributed by atoms with E-state index >= 15 is 0 Å². The highest BCUT2D eigenvalue weighted by Gasteiger charge is 2.15. The van der Waals surface area contributed by atoms with E-state index in [1.165, 1.54) is 19.2 Å². The lowest BCUT2D eigenvalue weighted by molar-refractivity contribution is 0.413. The number of fused-ring (bicyclic) bond motifs is 1. The molecule has 0 radical (unpaired) electrons. The summed E-state index contributed by atoms with van der Waals surface area (Å²) < 4.78 is 32.6. The minimum absolute atomic E-state index is 0.145. The molecule has 0 fully saturated rings. The zero-order valence-electron chi connectivity index (χ0n) is 12.9. The van der Waals surface area contributed by atoms with E-state index in [0.29, 0.717) is 28.2 Å². The Kier molecular flexibility index (Phi) is 3.87. The van der Waals surface area contributed by atoms with E-state index in [1.54, 1.807) is 18.2 Å². The molecule has 7 nitrogen and oxygen atoms in total. The van der Waals surface area contributed by atoms with Crippen molar-refractivity contribution in [2.45, 2.75) is 0 Å². The van der Waals surface area contributed by atoms with Crippen molar-refractivity contribution in [3.8, 4) is 29.0 Å². The first-order valence-electron chi connectivity index (χ1n) is 6.88. The number of nitriles is 1. The topological polar surface area (TPSA) is 105 Å². The summed E-state index contributed by atoms with van der Waals surface area (Å²) in [4.78, 5) is 7.58. The zero-order valence-corrected chi connectivity index (χ0v) is 13.7. The summed E-state index contributed by atoms with van der Waals surface area (Å²) in [5.74, 6) is 1.05. The van der Waals surface area contributed by atoms with Gasteiger partial charge in [-0.1, -0.05) is 6.07 Å². The molecule has 0 bridgehead atoms. The first kappa shape index (κ1) is 15.8. The smallest absolute Gasteiger partial charge is 0.306 e. The molecular weight excluding hydrogens is 330 g/mol. The van der Waals surface area contributed by atoms with E-state index in [0.717, 1.165) is 11.8 Å². The van der Waals surface area contributed by atoms with Crippen LogP contribution in [-0.4, -0.2) is 31.8 Å². The van der Waals surface area contributed by atoms with E-state index in [-0.39, 0.29) is 5.75 Å². The van der Waals surface area contributed by atoms with Crippen LogP contribution < -0.4 is 8.92 Å². The maximum absolute atomic E-state index is 11.2. The second-order valence-corrected chi connectivity index (χ2v) is 6.62. The van der Waals surface area contributed by atoms with Crippen LogP contribution in [0.15, 0.2) is 36.4 Å². The van der Waals surface area contributed by atoms with Gasteiger partial charge in [0.25, 0.3) is 0 Å². The average molecular weight is 343 g/mol. The van der Waals surface area contributed by atoms with Gasteiger partial charge in [0, 0.05) is 6.07 Å². The standard InChI is InChI=1S/C16H13N3O4S/c1-22-14-8-11(23-24(2,20)21)6-7-12(14)16-18-13-5-3-4-10(9-17)15(13)19-16/h3-8H,1-2H3,(H,18,19). The highest BCUT2D eigenvalue weighted by Crippen LogP contribution is 2.33. The van der Waals surface area contributed by atoms with E-state index in [4.69, 9.17) is 14.2 Å². The van der Waals surface area contributed by atoms with Crippen molar-refractivity contribution in [2.75, 3.05) is 13.4 Å². The number of nitrogens with one attached hydrogen (secondary N) is 1. The molecule has 0 aliphatic rings. The van der Waals surface area contributed by atoms with Crippen LogP contribution in [0.1, 0.15) is 5.56 Å². The van der Waals surface area contributed by atoms with Gasteiger partial charge in [0.15, 0.2) is 0 Å². The van der Waals surface area contributed by atoms with Crippen LogP contribution in [0.2, 0.25) is 0 Å². The van der Waals surface area contributed by atoms with Crippen molar-refractivity contribution in [3.63, 3.8) is 0 Å². The number of hydrogen-bond donors (Lipinski definition) is 1. The fraction of sp³-hybridized carbons (Fsp3) is 0.125. The number of rotatable bonds is 4. The third-order valence-corrected chi connectivity index (χ3v) is 3.80. The van der Waals surface area contributed by atoms with Crippen molar-refractivity contribution in [2.24, 2.45) is 0 Å². The Labute approximate surface area is 138 Å². The molecule has 24 heavy (non-hydrogen) atoms. The van der Waals surface area contributed by atoms with E-state index in [2.05, 4.69) is 16.0 Å². The molecular formula is C16H13N3O4S. The monoisotopic (exact) mass is 343 g/mol. The molecule has 0 atom stereocenters. The Morgan fingerprint density at radius 1 is 1.25 bits per heavy atom. The van der Waals surface area contributed by atoms with Crippen LogP contribution in [-0.2, 0) is 10.1 Å². The second-order valence-electron chi connectivity index (χ2n) is 5.05. The number of aromatic nitrogens is 2. The van der Waals surface area contributed by atoms with Crippen molar-refractivity contribution >= 4 is 21.2 Å². The molecule has 1 aromatic heterocycles. The molecule has 0 amide bonds. The molecule has 3 aromatic rings. The largest absolute Gasteiger partial charge is 0.496 e. The molecule has 2 aromatic carbocycles. The predicted molar refractivity (Wildman–Crippen MR) is 88.3 cm³/mol. The van der Waals surface area contributed by atoms with Gasteiger partial charge in [0.2, 0.25) is 0 Å². The number of aromatic amines is 1. The van der Waals surface area contributed by atoms with Gasteiger partial charge in [-0.15, -0.1) is 0 Å². The van der Waals surface area contributed by atoms with Crippen molar-refractivity contribution in [3.05, 3.63) is 42.0 Å². The van der Waals surface area contributed by atoms with E-state index in [9.17, 15) is 8.42 Å². The summed E-state index contributed by atoms with van der Waals surface area (Å²) in [6, 6.07) is 12.0. The highest BCUT2D eigenvalue weighted by atomic mass is 32.2. The molecule has 1 heterocycles. The summed E-state index contributed by atoms with van der Waals surface area (Å²) in [6.07, 6.45) is 0.968. The normalized spacial score (nSPS) is 11.2. The van der Waals surface area contributed by atoms with Crippen molar-refractivity contribution < 1.29 is 17.3 Å². The fourth-order valence-electron chi connectivity index (χ4n) is 2.34. The maximum Gasteiger partial charge on any atom is 0.306 e. The number of benzene rings is 2. The van der Waals surface area contributed by atoms with Crippen molar-refractivity contribution in [1.29, 1.82) is 5.26 Å². The SMILES string of the molecule is COc1cc(OS(C)(=O)=O)ccc1-c1nc2c(C#N)cccc2[nH]1. The van der Waals surface area contributed by atoms with Gasteiger partial charge in [-0.05, 0) is 24.3 Å². The molecule has 1 N–H and O–H groups in total. The lowest BCUT2D eigenvalue weighted by atomic mass is 10.2. The van der Waals surface area contributed by atoms with Gasteiger partial charge in [-0.3, -0.25) is 0 Å². The molecule has 0 aliphatic carbocycles. The molecule has 8 heteroatoms. The molecule has 0 unspecified atom stereocenters. The predicted octanol–water partition coefficient (Wildman–Crippen LogP) is 2.45.